The van der Waals surface area contributed by atoms with Crippen molar-refractivity contribution in [3.63, 3.8) is 0 Å². The standard InChI is InChI=1S/C30H34F4N10O2S2/c31-29(32)13-43(14-29)21-6-4-17(11-35-21)8-23(45)37-27-41-39-25(47-27)19-2-1-3-20(10-19)26-40-42-28(48-26)38-24(46)9-18-5-7-22(36-12-18)44-15-30(33,34)16-44/h4,6-7,11-12,18-20,26,40H,1-3,5,8-10,13-16H2,(H,37,41,45)(H,38,42,46)/t18?,19-,20-,26?/m0/s1. The molecular formula is C30H34F4N10O2S2. The van der Waals surface area contributed by atoms with Crippen molar-refractivity contribution in [3.8, 4) is 0 Å². The molecule has 2 unspecified atom stereocenters. The van der Waals surface area contributed by atoms with Gasteiger partial charge >= 0.3 is 0 Å². The number of thioether (sulfide) groups is 1. The molecule has 2 aromatic heterocycles. The lowest BCUT2D eigenvalue weighted by molar-refractivity contribution is -0.120. The summed E-state index contributed by atoms with van der Waals surface area (Å²) in [7, 11) is 0. The zero-order valence-corrected chi connectivity index (χ0v) is 27.4. The minimum absolute atomic E-state index is 0.00385. The lowest BCUT2D eigenvalue weighted by Gasteiger charge is -2.41. The monoisotopic (exact) mass is 706 g/mol. The molecule has 2 saturated heterocycles. The number of alkyl halides is 4. The predicted octanol–water partition coefficient (Wildman–Crippen LogP) is 4.17. The van der Waals surface area contributed by atoms with Crippen molar-refractivity contribution in [2.24, 2.45) is 21.9 Å². The molecule has 2 amide bonds. The van der Waals surface area contributed by atoms with Gasteiger partial charge in [-0.1, -0.05) is 35.6 Å². The highest BCUT2D eigenvalue weighted by molar-refractivity contribution is 8.14. The molecule has 3 fully saturated rings. The van der Waals surface area contributed by atoms with Crippen molar-refractivity contribution < 1.29 is 27.2 Å². The summed E-state index contributed by atoms with van der Waals surface area (Å²) < 4.78 is 52.5. The molecule has 3 N–H and O–H groups in total. The van der Waals surface area contributed by atoms with Crippen LogP contribution in [0.25, 0.3) is 0 Å². The molecule has 4 aliphatic heterocycles. The first-order valence-corrected chi connectivity index (χ1v) is 17.5. The van der Waals surface area contributed by atoms with Crippen LogP contribution in [-0.2, 0) is 16.0 Å². The molecule has 0 aromatic carbocycles. The third-order valence-corrected chi connectivity index (χ3v) is 11.1. The lowest BCUT2D eigenvalue weighted by Crippen LogP contribution is -2.56. The summed E-state index contributed by atoms with van der Waals surface area (Å²) in [6, 6.07) is 3.35. The second-order valence-electron chi connectivity index (χ2n) is 12.9. The normalized spacial score (nSPS) is 27.2. The van der Waals surface area contributed by atoms with Gasteiger partial charge in [-0.2, -0.15) is 5.10 Å². The van der Waals surface area contributed by atoms with Gasteiger partial charge < -0.3 is 20.4 Å². The van der Waals surface area contributed by atoms with Crippen molar-refractivity contribution in [2.75, 3.05) is 36.4 Å². The summed E-state index contributed by atoms with van der Waals surface area (Å²) in [6.07, 6.45) is 9.68. The maximum atomic E-state index is 13.1. The molecule has 1 saturated carbocycles. The summed E-state index contributed by atoms with van der Waals surface area (Å²) >= 11 is 2.85. The first-order valence-electron chi connectivity index (χ1n) is 15.8. The number of aromatic nitrogens is 3. The van der Waals surface area contributed by atoms with Gasteiger partial charge in [0.05, 0.1) is 38.0 Å². The SMILES string of the molecule is O=C(CC1C=NC(N2CC(F)(F)C2)=CC1)NC1=NNC([C@H]2CCC[C@H](c3nnc(NC(=O)Cc4ccc(N5CC(F)(F)C5)nc4)s3)C2)S1. The van der Waals surface area contributed by atoms with Crippen LogP contribution in [-0.4, -0.2) is 86.7 Å². The van der Waals surface area contributed by atoms with Crippen LogP contribution in [0, 0.1) is 11.8 Å². The number of carbonyl (C=O) groups is 2. The highest BCUT2D eigenvalue weighted by atomic mass is 32.2. The summed E-state index contributed by atoms with van der Waals surface area (Å²) in [4.78, 5) is 36.9. The average Bonchev–Trinajstić information content (AvgIpc) is 3.69. The molecule has 7 rings (SSSR count). The summed E-state index contributed by atoms with van der Waals surface area (Å²) in [5.41, 5.74) is 3.83. The molecule has 12 nitrogen and oxygen atoms in total. The molecule has 4 atom stereocenters. The van der Waals surface area contributed by atoms with E-state index in [-0.39, 0.29) is 74.0 Å². The molecule has 6 heterocycles. The van der Waals surface area contributed by atoms with Gasteiger partial charge in [0.25, 0.3) is 11.8 Å². The average molecular weight is 707 g/mol. The number of hydrogen-bond donors (Lipinski definition) is 3. The zero-order valence-electron chi connectivity index (χ0n) is 25.7. The van der Waals surface area contributed by atoms with Crippen molar-refractivity contribution in [1.29, 1.82) is 0 Å². The van der Waals surface area contributed by atoms with Crippen LogP contribution in [0.5, 0.6) is 0 Å². The Morgan fingerprint density at radius 3 is 2.50 bits per heavy atom. The maximum Gasteiger partial charge on any atom is 0.282 e. The Bertz CT molecular complexity index is 1620. The third-order valence-electron chi connectivity index (χ3n) is 8.94. The Morgan fingerprint density at radius 2 is 1.79 bits per heavy atom. The number of pyridine rings is 1. The summed E-state index contributed by atoms with van der Waals surface area (Å²) in [5.74, 6) is -4.41. The van der Waals surface area contributed by atoms with Crippen LogP contribution in [0.4, 0.5) is 28.5 Å². The van der Waals surface area contributed by atoms with E-state index in [4.69, 9.17) is 0 Å². The van der Waals surface area contributed by atoms with Gasteiger partial charge in [-0.05, 0) is 49.3 Å². The van der Waals surface area contributed by atoms with E-state index in [1.54, 1.807) is 18.3 Å². The van der Waals surface area contributed by atoms with Gasteiger partial charge in [-0.3, -0.25) is 15.0 Å². The van der Waals surface area contributed by atoms with Crippen LogP contribution >= 0.6 is 23.1 Å². The molecule has 2 aromatic rings. The first kappa shape index (κ1) is 32.7. The molecule has 0 bridgehead atoms. The molecule has 256 valence electrons. The largest absolute Gasteiger partial charge is 0.345 e. The predicted molar refractivity (Wildman–Crippen MR) is 174 cm³/mol. The van der Waals surface area contributed by atoms with E-state index in [1.807, 2.05) is 6.08 Å². The third kappa shape index (κ3) is 7.74. The van der Waals surface area contributed by atoms with Crippen molar-refractivity contribution in [1.82, 2.24) is 30.8 Å². The quantitative estimate of drug-likeness (QED) is 0.328. The Balaban J connectivity index is 0.832. The Hall–Kier alpha value is -3.80. The van der Waals surface area contributed by atoms with Gasteiger partial charge in [0.15, 0.2) is 5.17 Å². The molecule has 0 spiro atoms. The fraction of sp³-hybridized carbons (Fsp3) is 0.567. The minimum atomic E-state index is -2.68. The van der Waals surface area contributed by atoms with Crippen LogP contribution in [0.3, 0.4) is 0 Å². The first-order chi connectivity index (χ1) is 23.0. The number of halogens is 4. The zero-order chi connectivity index (χ0) is 33.5. The molecular weight excluding hydrogens is 673 g/mol. The Kier molecular flexibility index (Phi) is 9.04. The van der Waals surface area contributed by atoms with E-state index in [2.05, 4.69) is 41.3 Å². The molecule has 1 aliphatic carbocycles. The van der Waals surface area contributed by atoms with Crippen molar-refractivity contribution >= 4 is 57.2 Å². The van der Waals surface area contributed by atoms with Gasteiger partial charge in [-0.15, -0.1) is 10.2 Å². The maximum absolute atomic E-state index is 13.1. The van der Waals surface area contributed by atoms with E-state index in [1.165, 1.54) is 39.1 Å². The number of aliphatic imine (C=N–C) groups is 1. The molecule has 5 aliphatic rings. The lowest BCUT2D eigenvalue weighted by atomic mass is 9.81. The fourth-order valence-corrected chi connectivity index (χ4v) is 8.41. The van der Waals surface area contributed by atoms with E-state index in [0.29, 0.717) is 33.9 Å². The van der Waals surface area contributed by atoms with Crippen LogP contribution < -0.4 is 21.0 Å². The Labute approximate surface area is 281 Å². The fourth-order valence-electron chi connectivity index (χ4n) is 6.44. The number of likely N-dealkylation sites (tertiary alicyclic amines) is 1. The van der Waals surface area contributed by atoms with Gasteiger partial charge in [0.1, 0.15) is 16.6 Å². The number of nitrogens with zero attached hydrogens (tertiary/aromatic N) is 7. The number of nitrogens with one attached hydrogen (secondary N) is 3. The van der Waals surface area contributed by atoms with Crippen molar-refractivity contribution in [3.05, 3.63) is 40.8 Å². The highest BCUT2D eigenvalue weighted by Crippen LogP contribution is 2.42. The van der Waals surface area contributed by atoms with Crippen LogP contribution in [0.2, 0.25) is 0 Å². The van der Waals surface area contributed by atoms with Crippen LogP contribution in [0.1, 0.15) is 55.0 Å². The smallest absolute Gasteiger partial charge is 0.282 e. The summed E-state index contributed by atoms with van der Waals surface area (Å²) in [5, 5.41) is 20.4. The topological polar surface area (TPSA) is 140 Å². The van der Waals surface area contributed by atoms with Gasteiger partial charge in [0.2, 0.25) is 16.9 Å². The van der Waals surface area contributed by atoms with Crippen molar-refractivity contribution in [2.45, 2.75) is 68.1 Å². The minimum Gasteiger partial charge on any atom is -0.345 e. The van der Waals surface area contributed by atoms with Crippen LogP contribution in [0.15, 0.2) is 40.3 Å². The number of anilines is 2. The number of rotatable bonds is 9. The number of hydrogen-bond acceptors (Lipinski definition) is 12. The highest BCUT2D eigenvalue weighted by Gasteiger charge is 2.45. The van der Waals surface area contributed by atoms with E-state index in [0.717, 1.165) is 30.7 Å². The second kappa shape index (κ2) is 13.2. The van der Waals surface area contributed by atoms with E-state index >= 15 is 0 Å². The van der Waals surface area contributed by atoms with Gasteiger partial charge in [-0.25, -0.2) is 27.5 Å². The van der Waals surface area contributed by atoms with E-state index in [9.17, 15) is 27.2 Å². The number of amidine groups is 1. The second-order valence-corrected chi connectivity index (χ2v) is 15.1. The molecule has 48 heavy (non-hydrogen) atoms. The summed E-state index contributed by atoms with van der Waals surface area (Å²) in [6.45, 7) is -1.34. The number of allylic oxidation sites excluding steroid dienone is 1. The Morgan fingerprint density at radius 1 is 1.00 bits per heavy atom. The number of amides is 2. The number of hydrazone groups is 1. The molecule has 0 radical (unpaired) electrons. The van der Waals surface area contributed by atoms with E-state index < -0.39 is 11.8 Å². The van der Waals surface area contributed by atoms with Gasteiger partial charge in [0, 0.05) is 30.7 Å². The molecule has 18 heteroatoms. The number of carbonyl (C=O) groups excluding carboxylic acids is 2.